The molecule has 0 unspecified atom stereocenters. The van der Waals surface area contributed by atoms with Gasteiger partial charge in [-0.15, -0.1) is 0 Å². The van der Waals surface area contributed by atoms with E-state index in [2.05, 4.69) is 10.0 Å². The molecule has 202 valence electrons. The summed E-state index contributed by atoms with van der Waals surface area (Å²) in [4.78, 5) is 27.0. The van der Waals surface area contributed by atoms with Crippen LogP contribution < -0.4 is 19.5 Å². The molecule has 0 spiro atoms. The van der Waals surface area contributed by atoms with Crippen molar-refractivity contribution >= 4 is 27.5 Å². The fraction of sp³-hybridized carbons (Fsp3) is 0.259. The third-order valence-electron chi connectivity index (χ3n) is 5.62. The van der Waals surface area contributed by atoms with E-state index in [1.807, 2.05) is 12.1 Å². The lowest BCUT2D eigenvalue weighted by Gasteiger charge is -2.28. The largest absolute Gasteiger partial charge is 0.497 e. The molecule has 0 aromatic heterocycles. The van der Waals surface area contributed by atoms with E-state index in [4.69, 9.17) is 9.47 Å². The summed E-state index contributed by atoms with van der Waals surface area (Å²) < 4.78 is 51.4. The average molecular weight is 544 g/mol. The number of amides is 2. The van der Waals surface area contributed by atoms with Gasteiger partial charge in [-0.25, -0.2) is 12.8 Å². The second-order valence-corrected chi connectivity index (χ2v) is 10.00. The maximum atomic E-state index is 13.1. The lowest BCUT2D eigenvalue weighted by molar-refractivity contribution is -0.142. The number of methoxy groups -OCH3 is 1. The van der Waals surface area contributed by atoms with Gasteiger partial charge in [0.2, 0.25) is 5.91 Å². The molecule has 0 saturated carbocycles. The molecule has 38 heavy (non-hydrogen) atoms. The molecule has 0 heterocycles. The van der Waals surface area contributed by atoms with Crippen molar-refractivity contribution in [1.82, 2.24) is 10.2 Å². The molecule has 0 aliphatic carbocycles. The van der Waals surface area contributed by atoms with Crippen LogP contribution in [0.3, 0.4) is 0 Å². The van der Waals surface area contributed by atoms with Crippen molar-refractivity contribution in [3.8, 4) is 11.5 Å². The molecule has 0 aliphatic heterocycles. The number of halogens is 1. The first-order chi connectivity index (χ1) is 18.1. The van der Waals surface area contributed by atoms with Gasteiger partial charge in [0.05, 0.1) is 12.0 Å². The molecule has 0 saturated heterocycles. The van der Waals surface area contributed by atoms with Gasteiger partial charge in [0, 0.05) is 18.8 Å². The highest BCUT2D eigenvalue weighted by atomic mass is 32.2. The number of nitrogens with one attached hydrogen (secondary N) is 2. The number of likely N-dealkylation sites (N-methyl/N-ethyl adjacent to an activating group) is 1. The summed E-state index contributed by atoms with van der Waals surface area (Å²) in [5.74, 6) is -0.252. The van der Waals surface area contributed by atoms with Gasteiger partial charge < -0.3 is 19.7 Å². The van der Waals surface area contributed by atoms with Crippen LogP contribution in [0, 0.1) is 5.82 Å². The summed E-state index contributed by atoms with van der Waals surface area (Å²) in [7, 11) is -2.35. The minimum atomic E-state index is -3.91. The Hall–Kier alpha value is -4.12. The molecule has 11 heteroatoms. The lowest BCUT2D eigenvalue weighted by Crippen LogP contribution is -2.49. The zero-order chi connectivity index (χ0) is 27.7. The Morgan fingerprint density at radius 3 is 2.13 bits per heavy atom. The second kappa shape index (κ2) is 12.9. The van der Waals surface area contributed by atoms with Crippen LogP contribution in [0.5, 0.6) is 11.5 Å². The summed E-state index contributed by atoms with van der Waals surface area (Å²) in [6.45, 7) is 3.68. The predicted molar refractivity (Wildman–Crippen MR) is 141 cm³/mol. The summed E-state index contributed by atoms with van der Waals surface area (Å²) in [6, 6.07) is 16.8. The van der Waals surface area contributed by atoms with E-state index in [1.165, 1.54) is 41.3 Å². The van der Waals surface area contributed by atoms with E-state index in [-0.39, 0.29) is 35.4 Å². The van der Waals surface area contributed by atoms with Crippen molar-refractivity contribution in [2.75, 3.05) is 25.0 Å². The van der Waals surface area contributed by atoms with Gasteiger partial charge in [-0.05, 0) is 80.1 Å². The number of benzene rings is 3. The number of rotatable bonds is 12. The molecular weight excluding hydrogens is 513 g/mol. The van der Waals surface area contributed by atoms with Crippen molar-refractivity contribution in [2.45, 2.75) is 31.3 Å². The van der Waals surface area contributed by atoms with Crippen LogP contribution in [0.1, 0.15) is 19.4 Å². The summed E-state index contributed by atoms with van der Waals surface area (Å²) >= 11 is 0. The van der Waals surface area contributed by atoms with Crippen LogP contribution in [0.4, 0.5) is 10.1 Å². The van der Waals surface area contributed by atoms with Crippen molar-refractivity contribution in [1.29, 1.82) is 0 Å². The average Bonchev–Trinajstić information content (AvgIpc) is 2.92. The SMILES string of the molecule is CCNC(=O)[C@@H](C)N(Cc1ccc(OC)cc1)C(=O)COc1ccc(S(=O)(=O)Nc2ccc(F)cc2)cc1. The van der Waals surface area contributed by atoms with E-state index in [0.29, 0.717) is 12.3 Å². The number of carbonyl (C=O) groups is 2. The molecule has 0 radical (unpaired) electrons. The summed E-state index contributed by atoms with van der Waals surface area (Å²) in [5.41, 5.74) is 1.02. The predicted octanol–water partition coefficient (Wildman–Crippen LogP) is 3.57. The number of sulfonamides is 1. The molecule has 3 aromatic rings. The van der Waals surface area contributed by atoms with Crippen LogP contribution in [0.2, 0.25) is 0 Å². The Kier molecular flexibility index (Phi) is 9.66. The van der Waals surface area contributed by atoms with Crippen LogP contribution in [-0.2, 0) is 26.2 Å². The normalized spacial score (nSPS) is 11.8. The van der Waals surface area contributed by atoms with Crippen molar-refractivity contribution in [3.05, 3.63) is 84.2 Å². The van der Waals surface area contributed by atoms with Crippen LogP contribution in [-0.4, -0.2) is 51.4 Å². The molecule has 3 rings (SSSR count). The van der Waals surface area contributed by atoms with Gasteiger partial charge in [0.1, 0.15) is 23.4 Å². The van der Waals surface area contributed by atoms with Crippen molar-refractivity contribution in [2.24, 2.45) is 0 Å². The quantitative estimate of drug-likeness (QED) is 0.361. The van der Waals surface area contributed by atoms with E-state index >= 15 is 0 Å². The van der Waals surface area contributed by atoms with Gasteiger partial charge in [-0.1, -0.05) is 12.1 Å². The molecular formula is C27H30FN3O6S. The van der Waals surface area contributed by atoms with Gasteiger partial charge >= 0.3 is 0 Å². The maximum Gasteiger partial charge on any atom is 0.261 e. The highest BCUT2D eigenvalue weighted by molar-refractivity contribution is 7.92. The Morgan fingerprint density at radius 1 is 0.947 bits per heavy atom. The molecule has 2 amide bonds. The van der Waals surface area contributed by atoms with E-state index in [0.717, 1.165) is 17.7 Å². The van der Waals surface area contributed by atoms with Gasteiger partial charge in [0.25, 0.3) is 15.9 Å². The number of anilines is 1. The zero-order valence-corrected chi connectivity index (χ0v) is 22.1. The Labute approximate surface area is 221 Å². The lowest BCUT2D eigenvalue weighted by atomic mass is 10.1. The number of hydrogen-bond acceptors (Lipinski definition) is 6. The molecule has 0 bridgehead atoms. The van der Waals surface area contributed by atoms with Gasteiger partial charge in [-0.2, -0.15) is 0 Å². The monoisotopic (exact) mass is 543 g/mol. The second-order valence-electron chi connectivity index (χ2n) is 8.31. The number of nitrogens with zero attached hydrogens (tertiary/aromatic N) is 1. The standard InChI is InChI=1S/C27H30FN3O6S/c1-4-29-27(33)19(2)31(17-20-5-11-23(36-3)12-6-20)26(32)18-37-24-13-15-25(16-14-24)38(34,35)30-22-9-7-21(28)8-10-22/h5-16,19,30H,4,17-18H2,1-3H3,(H,29,33)/t19-/m1/s1. The Balaban J connectivity index is 1.68. The van der Waals surface area contributed by atoms with Crippen molar-refractivity contribution in [3.63, 3.8) is 0 Å². The molecule has 1 atom stereocenters. The first-order valence-corrected chi connectivity index (χ1v) is 13.3. The highest BCUT2D eigenvalue weighted by Gasteiger charge is 2.26. The third-order valence-corrected chi connectivity index (χ3v) is 7.02. The Bertz CT molecular complexity index is 1330. The number of hydrogen-bond donors (Lipinski definition) is 2. The van der Waals surface area contributed by atoms with E-state index in [9.17, 15) is 22.4 Å². The van der Waals surface area contributed by atoms with Crippen LogP contribution >= 0.6 is 0 Å². The minimum Gasteiger partial charge on any atom is -0.497 e. The van der Waals surface area contributed by atoms with Crippen LogP contribution in [0.15, 0.2) is 77.7 Å². The third kappa shape index (κ3) is 7.69. The zero-order valence-electron chi connectivity index (χ0n) is 21.3. The van der Waals surface area contributed by atoms with E-state index in [1.54, 1.807) is 33.1 Å². The first-order valence-electron chi connectivity index (χ1n) is 11.8. The van der Waals surface area contributed by atoms with Crippen LogP contribution in [0.25, 0.3) is 0 Å². The maximum absolute atomic E-state index is 13.1. The fourth-order valence-corrected chi connectivity index (χ4v) is 4.57. The smallest absolute Gasteiger partial charge is 0.261 e. The first kappa shape index (κ1) is 28.5. The highest BCUT2D eigenvalue weighted by Crippen LogP contribution is 2.20. The fourth-order valence-electron chi connectivity index (χ4n) is 3.51. The van der Waals surface area contributed by atoms with Crippen molar-refractivity contribution < 1.29 is 31.9 Å². The topological polar surface area (TPSA) is 114 Å². The van der Waals surface area contributed by atoms with Gasteiger partial charge in [0.15, 0.2) is 6.61 Å². The Morgan fingerprint density at radius 2 is 1.55 bits per heavy atom. The molecule has 3 aromatic carbocycles. The minimum absolute atomic E-state index is 0.0357. The number of ether oxygens (including phenoxy) is 2. The molecule has 9 nitrogen and oxygen atoms in total. The molecule has 0 fully saturated rings. The van der Waals surface area contributed by atoms with E-state index < -0.39 is 27.8 Å². The van der Waals surface area contributed by atoms with Gasteiger partial charge in [-0.3, -0.25) is 14.3 Å². The molecule has 0 aliphatic rings. The summed E-state index contributed by atoms with van der Waals surface area (Å²) in [5, 5.41) is 2.72. The molecule has 2 N–H and O–H groups in total. The summed E-state index contributed by atoms with van der Waals surface area (Å²) in [6.07, 6.45) is 0. The number of carbonyl (C=O) groups excluding carboxylic acids is 2.